The second kappa shape index (κ2) is 8.70. The fourth-order valence-corrected chi connectivity index (χ4v) is 2.99. The predicted octanol–water partition coefficient (Wildman–Crippen LogP) is 4.15. The molecule has 2 aliphatic carbocycles. The first-order valence-corrected chi connectivity index (χ1v) is 10.1. The maximum Gasteiger partial charge on any atom is 0.436 e. The highest BCUT2D eigenvalue weighted by Gasteiger charge is 2.35. The second-order valence-electron chi connectivity index (χ2n) is 7.29. The quantitative estimate of drug-likeness (QED) is 0.632. The molecule has 2 aliphatic rings. The van der Waals surface area contributed by atoms with Crippen molar-refractivity contribution in [3.05, 3.63) is 53.5 Å². The minimum atomic E-state index is -4.62. The number of amides is 1. The van der Waals surface area contributed by atoms with Gasteiger partial charge in [-0.05, 0) is 30.8 Å². The van der Waals surface area contributed by atoms with Crippen molar-refractivity contribution in [1.29, 1.82) is 0 Å². The summed E-state index contributed by atoms with van der Waals surface area (Å²) < 4.78 is 48.3. The van der Waals surface area contributed by atoms with Crippen LogP contribution >= 0.6 is 11.6 Å². The second-order valence-corrected chi connectivity index (χ2v) is 7.85. The van der Waals surface area contributed by atoms with E-state index in [-0.39, 0.29) is 23.5 Å². The number of rotatable bonds is 7. The van der Waals surface area contributed by atoms with Crippen molar-refractivity contribution in [2.75, 3.05) is 6.61 Å². The SMILES string of the molecule is O=C(NCc1cc(C(F)(F)F)no1)c1ncc(OCC2CC2)c(C2=CCC(Cl)C=C2)n1. The Bertz CT molecular complexity index is 1030. The van der Waals surface area contributed by atoms with Gasteiger partial charge in [-0.25, -0.2) is 9.97 Å². The van der Waals surface area contributed by atoms with Gasteiger partial charge in [0, 0.05) is 6.07 Å². The average Bonchev–Trinajstić information content (AvgIpc) is 3.44. The van der Waals surface area contributed by atoms with Crippen LogP contribution in [0.3, 0.4) is 0 Å². The number of carbonyl (C=O) groups excluding carboxylic acids is 1. The van der Waals surface area contributed by atoms with Gasteiger partial charge in [-0.1, -0.05) is 23.4 Å². The fourth-order valence-electron chi connectivity index (χ4n) is 2.83. The molecule has 0 bridgehead atoms. The minimum absolute atomic E-state index is 0.118. The Morgan fingerprint density at radius 3 is 2.81 bits per heavy atom. The molecule has 0 saturated heterocycles. The third-order valence-electron chi connectivity index (χ3n) is 4.72. The molecule has 0 aliphatic heterocycles. The number of carbonyl (C=O) groups is 1. The van der Waals surface area contributed by atoms with Gasteiger partial charge in [0.25, 0.3) is 5.91 Å². The lowest BCUT2D eigenvalue weighted by Crippen LogP contribution is -2.25. The van der Waals surface area contributed by atoms with E-state index in [4.69, 9.17) is 16.3 Å². The number of hydrogen-bond donors (Lipinski definition) is 1. The van der Waals surface area contributed by atoms with E-state index in [1.54, 1.807) is 0 Å². The number of nitrogens with zero attached hydrogens (tertiary/aromatic N) is 3. The van der Waals surface area contributed by atoms with Gasteiger partial charge in [0.2, 0.25) is 5.82 Å². The first-order chi connectivity index (χ1) is 14.8. The maximum absolute atomic E-state index is 12.6. The van der Waals surface area contributed by atoms with E-state index in [2.05, 4.69) is 25.0 Å². The van der Waals surface area contributed by atoms with Crippen LogP contribution in [0.4, 0.5) is 13.2 Å². The summed E-state index contributed by atoms with van der Waals surface area (Å²) in [5.41, 5.74) is 0.0462. The summed E-state index contributed by atoms with van der Waals surface area (Å²) in [6.07, 6.45) is 5.18. The number of halogens is 4. The number of ether oxygens (including phenoxy) is 1. The first-order valence-electron chi connectivity index (χ1n) is 9.63. The molecule has 1 atom stereocenters. The first kappa shape index (κ1) is 21.4. The van der Waals surface area contributed by atoms with E-state index >= 15 is 0 Å². The molecular formula is C20H18ClF3N4O3. The summed E-state index contributed by atoms with van der Waals surface area (Å²) in [5, 5.41) is 5.26. The van der Waals surface area contributed by atoms with Crippen LogP contribution in [-0.4, -0.2) is 33.0 Å². The zero-order chi connectivity index (χ0) is 22.0. The smallest absolute Gasteiger partial charge is 0.436 e. The molecule has 0 spiro atoms. The van der Waals surface area contributed by atoms with Gasteiger partial charge in [-0.2, -0.15) is 13.2 Å². The van der Waals surface area contributed by atoms with Crippen LogP contribution in [0.1, 0.15) is 47.0 Å². The average molecular weight is 455 g/mol. The summed E-state index contributed by atoms with van der Waals surface area (Å²) >= 11 is 6.09. The number of allylic oxidation sites excluding steroid dienone is 4. The lowest BCUT2D eigenvalue weighted by Gasteiger charge is -2.15. The van der Waals surface area contributed by atoms with Crippen LogP contribution in [-0.2, 0) is 12.7 Å². The highest BCUT2D eigenvalue weighted by Crippen LogP contribution is 2.33. The normalized spacial score (nSPS) is 18.6. The lowest BCUT2D eigenvalue weighted by atomic mass is 10.0. The summed E-state index contributed by atoms with van der Waals surface area (Å²) in [6, 6.07) is 0.724. The third-order valence-corrected chi connectivity index (χ3v) is 5.05. The molecule has 0 radical (unpaired) electrons. The molecule has 11 heteroatoms. The standard InChI is InChI=1S/C20H18ClF3N4O3/c21-13-5-3-12(4-6-13)17-15(30-10-11-1-2-11)9-25-18(27-17)19(29)26-8-14-7-16(28-31-14)20(22,23)24/h3-5,7,9,11,13H,1-2,6,8,10H2,(H,26,29). The monoisotopic (exact) mass is 454 g/mol. The lowest BCUT2D eigenvalue weighted by molar-refractivity contribution is -0.142. The molecule has 2 aromatic rings. The Hall–Kier alpha value is -2.88. The van der Waals surface area contributed by atoms with Crippen molar-refractivity contribution < 1.29 is 27.2 Å². The summed E-state index contributed by atoms with van der Waals surface area (Å²) in [5.74, 6) is 0.0124. The number of alkyl halides is 4. The van der Waals surface area contributed by atoms with Gasteiger partial charge in [0.15, 0.2) is 17.2 Å². The Morgan fingerprint density at radius 2 is 2.16 bits per heavy atom. The van der Waals surface area contributed by atoms with E-state index in [1.165, 1.54) is 6.20 Å². The number of hydrogen-bond acceptors (Lipinski definition) is 6. The minimum Gasteiger partial charge on any atom is -0.489 e. The van der Waals surface area contributed by atoms with Gasteiger partial charge in [-0.15, -0.1) is 11.6 Å². The number of nitrogens with one attached hydrogen (secondary N) is 1. The summed E-state index contributed by atoms with van der Waals surface area (Å²) in [4.78, 5) is 20.9. The van der Waals surface area contributed by atoms with E-state index in [1.807, 2.05) is 18.2 Å². The molecule has 2 aromatic heterocycles. The maximum atomic E-state index is 12.6. The van der Waals surface area contributed by atoms with Gasteiger partial charge in [0.1, 0.15) is 5.69 Å². The molecule has 164 valence electrons. The van der Waals surface area contributed by atoms with Gasteiger partial charge in [-0.3, -0.25) is 4.79 Å². The number of aromatic nitrogens is 3. The van der Waals surface area contributed by atoms with Crippen molar-refractivity contribution in [2.24, 2.45) is 5.92 Å². The Kier molecular flexibility index (Phi) is 5.99. The summed E-state index contributed by atoms with van der Waals surface area (Å²) in [7, 11) is 0. The molecular weight excluding hydrogens is 437 g/mol. The zero-order valence-electron chi connectivity index (χ0n) is 16.2. The van der Waals surface area contributed by atoms with E-state index in [0.29, 0.717) is 30.4 Å². The van der Waals surface area contributed by atoms with E-state index in [0.717, 1.165) is 24.5 Å². The molecule has 1 unspecified atom stereocenters. The predicted molar refractivity (Wildman–Crippen MR) is 104 cm³/mol. The fraction of sp³-hybridized carbons (Fsp3) is 0.400. The van der Waals surface area contributed by atoms with Crippen molar-refractivity contribution >= 4 is 23.1 Å². The van der Waals surface area contributed by atoms with Crippen LogP contribution in [0.5, 0.6) is 5.75 Å². The molecule has 7 nitrogen and oxygen atoms in total. The van der Waals surface area contributed by atoms with Gasteiger partial charge >= 0.3 is 6.18 Å². The zero-order valence-corrected chi connectivity index (χ0v) is 16.9. The Labute approximate surface area is 180 Å². The van der Waals surface area contributed by atoms with E-state index < -0.39 is 17.8 Å². The van der Waals surface area contributed by atoms with Crippen LogP contribution in [0, 0.1) is 5.92 Å². The largest absolute Gasteiger partial charge is 0.489 e. The summed E-state index contributed by atoms with van der Waals surface area (Å²) in [6.45, 7) is 0.251. The topological polar surface area (TPSA) is 90.1 Å². The van der Waals surface area contributed by atoms with Crippen molar-refractivity contribution in [3.63, 3.8) is 0 Å². The third kappa shape index (κ3) is 5.43. The van der Waals surface area contributed by atoms with Crippen LogP contribution < -0.4 is 10.1 Å². The Morgan fingerprint density at radius 1 is 1.35 bits per heavy atom. The van der Waals surface area contributed by atoms with E-state index in [9.17, 15) is 18.0 Å². The van der Waals surface area contributed by atoms with Crippen LogP contribution in [0.15, 0.2) is 35.0 Å². The highest BCUT2D eigenvalue weighted by atomic mass is 35.5. The molecule has 1 fully saturated rings. The molecule has 31 heavy (non-hydrogen) atoms. The van der Waals surface area contributed by atoms with Crippen LogP contribution in [0.2, 0.25) is 0 Å². The van der Waals surface area contributed by atoms with Crippen molar-refractivity contribution in [1.82, 2.24) is 20.4 Å². The molecule has 2 heterocycles. The molecule has 1 amide bonds. The molecule has 0 aromatic carbocycles. The van der Waals surface area contributed by atoms with Gasteiger partial charge in [0.05, 0.1) is 24.7 Å². The Balaban J connectivity index is 1.49. The highest BCUT2D eigenvalue weighted by molar-refractivity contribution is 6.22. The molecule has 4 rings (SSSR count). The van der Waals surface area contributed by atoms with Crippen molar-refractivity contribution in [3.8, 4) is 5.75 Å². The van der Waals surface area contributed by atoms with Crippen LogP contribution in [0.25, 0.3) is 5.57 Å². The van der Waals surface area contributed by atoms with Crippen molar-refractivity contribution in [2.45, 2.75) is 37.4 Å². The molecule has 1 saturated carbocycles. The van der Waals surface area contributed by atoms with Gasteiger partial charge < -0.3 is 14.6 Å². The molecule has 1 N–H and O–H groups in total.